The standard InChI is InChI=1S/C16H17F8N5O/c1-6(16(22,23)24)25-12-27-11(8-2-3-15(20,21)10(30)9(8)17)28-13(29-12)26-7-4-14(18,19)5-7/h6-7,10,30H,2-5H2,1H3,(H2,25,26,27,28,29)/t6?,10-/m1/s1. The SMILES string of the molecule is CC(Nc1nc(NC2CC(F)(F)C2)nc(C2=C(F)[C@@H](O)C(F)(F)CC2)n1)C(F)(F)F. The Morgan fingerprint density at radius 1 is 1.07 bits per heavy atom. The largest absolute Gasteiger partial charge is 0.408 e. The molecule has 0 spiro atoms. The molecule has 0 saturated heterocycles. The van der Waals surface area contributed by atoms with Gasteiger partial charge in [0.15, 0.2) is 11.9 Å². The van der Waals surface area contributed by atoms with Gasteiger partial charge in [0.1, 0.15) is 11.9 Å². The van der Waals surface area contributed by atoms with E-state index in [1.807, 2.05) is 5.32 Å². The number of anilines is 2. The van der Waals surface area contributed by atoms with Crippen LogP contribution in [0.25, 0.3) is 5.57 Å². The fourth-order valence-electron chi connectivity index (χ4n) is 2.98. The molecule has 1 unspecified atom stereocenters. The van der Waals surface area contributed by atoms with Gasteiger partial charge >= 0.3 is 6.18 Å². The third kappa shape index (κ3) is 4.73. The van der Waals surface area contributed by atoms with Crippen LogP contribution < -0.4 is 10.6 Å². The molecule has 1 saturated carbocycles. The van der Waals surface area contributed by atoms with E-state index in [0.29, 0.717) is 0 Å². The van der Waals surface area contributed by atoms with Crippen molar-refractivity contribution in [3.05, 3.63) is 11.7 Å². The summed E-state index contributed by atoms with van der Waals surface area (Å²) in [6.07, 6.45) is -10.1. The summed E-state index contributed by atoms with van der Waals surface area (Å²) in [7, 11) is 0. The monoisotopic (exact) mass is 447 g/mol. The molecule has 14 heteroatoms. The van der Waals surface area contributed by atoms with Gasteiger partial charge in [-0.3, -0.25) is 0 Å². The molecule has 0 amide bonds. The van der Waals surface area contributed by atoms with Crippen molar-refractivity contribution in [2.24, 2.45) is 0 Å². The Balaban J connectivity index is 1.94. The highest BCUT2D eigenvalue weighted by atomic mass is 19.4. The topological polar surface area (TPSA) is 83.0 Å². The number of halogens is 8. The number of aromatic nitrogens is 3. The molecule has 2 aliphatic carbocycles. The maximum Gasteiger partial charge on any atom is 0.408 e. The molecule has 30 heavy (non-hydrogen) atoms. The highest BCUT2D eigenvalue weighted by Gasteiger charge is 2.47. The lowest BCUT2D eigenvalue weighted by molar-refractivity contribution is -0.138. The molecular weight excluding hydrogens is 430 g/mol. The minimum atomic E-state index is -4.69. The van der Waals surface area contributed by atoms with Gasteiger partial charge < -0.3 is 15.7 Å². The van der Waals surface area contributed by atoms with Crippen molar-refractivity contribution in [1.29, 1.82) is 0 Å². The van der Waals surface area contributed by atoms with Crippen LogP contribution in [0, 0.1) is 0 Å². The molecular formula is C16H17F8N5O. The van der Waals surface area contributed by atoms with Gasteiger partial charge in [-0.2, -0.15) is 28.1 Å². The molecule has 2 aliphatic rings. The Kier molecular flexibility index (Phi) is 5.58. The first-order valence-corrected chi connectivity index (χ1v) is 8.86. The molecule has 3 rings (SSSR count). The average molecular weight is 447 g/mol. The number of hydrogen-bond acceptors (Lipinski definition) is 6. The van der Waals surface area contributed by atoms with E-state index in [1.54, 1.807) is 0 Å². The van der Waals surface area contributed by atoms with E-state index in [-0.39, 0.29) is 0 Å². The normalized spacial score (nSPS) is 24.9. The summed E-state index contributed by atoms with van der Waals surface area (Å²) in [5.74, 6) is -9.93. The van der Waals surface area contributed by atoms with E-state index in [2.05, 4.69) is 20.3 Å². The average Bonchev–Trinajstić information content (AvgIpc) is 2.57. The van der Waals surface area contributed by atoms with E-state index in [1.165, 1.54) is 0 Å². The van der Waals surface area contributed by atoms with Crippen LogP contribution in [-0.4, -0.2) is 56.3 Å². The summed E-state index contributed by atoms with van der Waals surface area (Å²) in [4.78, 5) is 11.1. The Hall–Kier alpha value is -2.25. The number of nitrogens with one attached hydrogen (secondary N) is 2. The van der Waals surface area contributed by atoms with Crippen LogP contribution in [0.15, 0.2) is 5.83 Å². The van der Waals surface area contributed by atoms with Crippen LogP contribution in [0.1, 0.15) is 38.4 Å². The minimum Gasteiger partial charge on any atom is -0.380 e. The third-order valence-electron chi connectivity index (χ3n) is 4.80. The number of hydrogen-bond donors (Lipinski definition) is 3. The highest BCUT2D eigenvalue weighted by molar-refractivity contribution is 5.66. The first-order chi connectivity index (χ1) is 13.7. The van der Waals surface area contributed by atoms with Crippen LogP contribution in [-0.2, 0) is 0 Å². The molecule has 3 N–H and O–H groups in total. The molecule has 168 valence electrons. The summed E-state index contributed by atoms with van der Waals surface area (Å²) in [6.45, 7) is 0.758. The zero-order valence-electron chi connectivity index (χ0n) is 15.4. The molecule has 0 bridgehead atoms. The lowest BCUT2D eigenvalue weighted by Gasteiger charge is -2.35. The van der Waals surface area contributed by atoms with Gasteiger partial charge in [0, 0.05) is 30.9 Å². The molecule has 1 fully saturated rings. The number of alkyl halides is 7. The van der Waals surface area contributed by atoms with Gasteiger partial charge in [0.05, 0.1) is 0 Å². The van der Waals surface area contributed by atoms with Gasteiger partial charge in [0.25, 0.3) is 11.8 Å². The van der Waals surface area contributed by atoms with Gasteiger partial charge in [-0.1, -0.05) is 0 Å². The second-order valence-electron chi connectivity index (χ2n) is 7.31. The first kappa shape index (κ1) is 22.4. The predicted octanol–water partition coefficient (Wildman–Crippen LogP) is 3.91. The zero-order valence-corrected chi connectivity index (χ0v) is 15.4. The number of allylic oxidation sites excluding steroid dienone is 1. The second-order valence-corrected chi connectivity index (χ2v) is 7.31. The highest BCUT2D eigenvalue weighted by Crippen LogP contribution is 2.42. The van der Waals surface area contributed by atoms with Crippen molar-refractivity contribution in [3.8, 4) is 0 Å². The van der Waals surface area contributed by atoms with E-state index in [0.717, 1.165) is 6.92 Å². The Morgan fingerprint density at radius 2 is 1.67 bits per heavy atom. The van der Waals surface area contributed by atoms with Gasteiger partial charge in [-0.15, -0.1) is 0 Å². The maximum absolute atomic E-state index is 14.3. The summed E-state index contributed by atoms with van der Waals surface area (Å²) < 4.78 is 106. The smallest absolute Gasteiger partial charge is 0.380 e. The molecule has 0 radical (unpaired) electrons. The molecule has 0 aromatic carbocycles. The van der Waals surface area contributed by atoms with E-state index < -0.39 is 91.0 Å². The molecule has 2 atom stereocenters. The Labute approximate surface area is 164 Å². The van der Waals surface area contributed by atoms with Crippen molar-refractivity contribution in [3.63, 3.8) is 0 Å². The molecule has 1 aromatic heterocycles. The van der Waals surface area contributed by atoms with Crippen LogP contribution in [0.5, 0.6) is 0 Å². The van der Waals surface area contributed by atoms with E-state index in [9.17, 15) is 40.2 Å². The quantitative estimate of drug-likeness (QED) is 0.594. The van der Waals surface area contributed by atoms with Crippen molar-refractivity contribution in [2.75, 3.05) is 10.6 Å². The lowest BCUT2D eigenvalue weighted by atomic mass is 9.88. The predicted molar refractivity (Wildman–Crippen MR) is 88.8 cm³/mol. The third-order valence-corrected chi connectivity index (χ3v) is 4.80. The summed E-state index contributed by atoms with van der Waals surface area (Å²) in [5, 5.41) is 13.9. The fourth-order valence-corrected chi connectivity index (χ4v) is 2.98. The lowest BCUT2D eigenvalue weighted by Crippen LogP contribution is -2.44. The number of aliphatic hydroxyl groups excluding tert-OH is 1. The molecule has 1 heterocycles. The summed E-state index contributed by atoms with van der Waals surface area (Å²) >= 11 is 0. The van der Waals surface area contributed by atoms with Crippen molar-refractivity contribution < 1.29 is 40.2 Å². The molecule has 6 nitrogen and oxygen atoms in total. The summed E-state index contributed by atoms with van der Waals surface area (Å²) in [5.41, 5.74) is -0.527. The van der Waals surface area contributed by atoms with E-state index >= 15 is 0 Å². The molecule has 0 aliphatic heterocycles. The fraction of sp³-hybridized carbons (Fsp3) is 0.688. The van der Waals surface area contributed by atoms with Gasteiger partial charge in [0.2, 0.25) is 11.9 Å². The Morgan fingerprint density at radius 3 is 2.23 bits per heavy atom. The van der Waals surface area contributed by atoms with Crippen LogP contribution in [0.3, 0.4) is 0 Å². The van der Waals surface area contributed by atoms with Gasteiger partial charge in [-0.25, -0.2) is 22.0 Å². The zero-order chi connectivity index (χ0) is 22.5. The van der Waals surface area contributed by atoms with Crippen molar-refractivity contribution in [1.82, 2.24) is 15.0 Å². The maximum atomic E-state index is 14.3. The minimum absolute atomic E-state index is 0.426. The van der Waals surface area contributed by atoms with E-state index in [4.69, 9.17) is 0 Å². The summed E-state index contributed by atoms with van der Waals surface area (Å²) in [6, 6.07) is -2.92. The Bertz CT molecular complexity index is 835. The number of aliphatic hydroxyl groups is 1. The van der Waals surface area contributed by atoms with Crippen LogP contribution in [0.4, 0.5) is 47.0 Å². The first-order valence-electron chi connectivity index (χ1n) is 8.86. The van der Waals surface area contributed by atoms with Crippen LogP contribution in [0.2, 0.25) is 0 Å². The molecule has 1 aromatic rings. The number of nitrogens with zero attached hydrogens (tertiary/aromatic N) is 3. The van der Waals surface area contributed by atoms with Crippen molar-refractivity contribution in [2.45, 2.75) is 68.8 Å². The van der Waals surface area contributed by atoms with Gasteiger partial charge in [-0.05, 0) is 13.3 Å². The van der Waals surface area contributed by atoms with Crippen LogP contribution >= 0.6 is 0 Å². The van der Waals surface area contributed by atoms with Crippen molar-refractivity contribution >= 4 is 17.5 Å². The second kappa shape index (κ2) is 7.46. The number of rotatable bonds is 5.